The van der Waals surface area contributed by atoms with Crippen LogP contribution in [-0.4, -0.2) is 30.7 Å². The second-order valence-electron chi connectivity index (χ2n) is 6.08. The van der Waals surface area contributed by atoms with E-state index < -0.39 is 0 Å². The van der Waals surface area contributed by atoms with Gasteiger partial charge >= 0.3 is 0 Å². The highest BCUT2D eigenvalue weighted by atomic mass is 15.2. The number of hydrogen-bond donors (Lipinski definition) is 1. The molecule has 1 N–H and O–H groups in total. The molecule has 1 saturated heterocycles. The van der Waals surface area contributed by atoms with Gasteiger partial charge in [-0.05, 0) is 57.2 Å². The molecule has 1 aliphatic heterocycles. The number of rotatable bonds is 5. The molecular formula is C16H22N4. The molecule has 4 nitrogen and oxygen atoms in total. The third-order valence-electron chi connectivity index (χ3n) is 4.21. The standard InChI is InChI=1S/C16H22N4/c1-12-4-7-14(9-17)16(19-12)20(10-13-5-6-13)11-15-3-2-8-18-15/h4,7,13,15,18H,2-3,5-6,8,10-11H2,1H3. The van der Waals surface area contributed by atoms with Gasteiger partial charge in [-0.15, -0.1) is 0 Å². The zero-order chi connectivity index (χ0) is 13.9. The Labute approximate surface area is 120 Å². The molecule has 1 atom stereocenters. The lowest BCUT2D eigenvalue weighted by atomic mass is 10.1. The summed E-state index contributed by atoms with van der Waals surface area (Å²) in [4.78, 5) is 6.98. The Morgan fingerprint density at radius 1 is 1.35 bits per heavy atom. The summed E-state index contributed by atoms with van der Waals surface area (Å²) < 4.78 is 0. The van der Waals surface area contributed by atoms with Crippen molar-refractivity contribution in [3.63, 3.8) is 0 Å². The van der Waals surface area contributed by atoms with Gasteiger partial charge in [0.05, 0.1) is 5.56 Å². The van der Waals surface area contributed by atoms with Gasteiger partial charge in [0.25, 0.3) is 0 Å². The minimum Gasteiger partial charge on any atom is -0.354 e. The van der Waals surface area contributed by atoms with Crippen molar-refractivity contribution in [1.29, 1.82) is 5.26 Å². The van der Waals surface area contributed by atoms with Gasteiger partial charge in [0.15, 0.2) is 0 Å². The Balaban J connectivity index is 1.83. The van der Waals surface area contributed by atoms with Crippen molar-refractivity contribution in [3.05, 3.63) is 23.4 Å². The SMILES string of the molecule is Cc1ccc(C#N)c(N(CC2CC2)CC2CCCN2)n1. The van der Waals surface area contributed by atoms with Crippen molar-refractivity contribution in [2.75, 3.05) is 24.5 Å². The van der Waals surface area contributed by atoms with Crippen LogP contribution in [-0.2, 0) is 0 Å². The molecule has 2 aliphatic rings. The van der Waals surface area contributed by atoms with E-state index in [0.29, 0.717) is 11.6 Å². The van der Waals surface area contributed by atoms with Crippen molar-refractivity contribution in [1.82, 2.24) is 10.3 Å². The van der Waals surface area contributed by atoms with E-state index in [1.807, 2.05) is 19.1 Å². The molecule has 1 saturated carbocycles. The lowest BCUT2D eigenvalue weighted by Crippen LogP contribution is -2.39. The van der Waals surface area contributed by atoms with Gasteiger partial charge in [-0.2, -0.15) is 5.26 Å². The summed E-state index contributed by atoms with van der Waals surface area (Å²) in [6.07, 6.45) is 5.13. The van der Waals surface area contributed by atoms with Crippen LogP contribution in [0.15, 0.2) is 12.1 Å². The fraction of sp³-hybridized carbons (Fsp3) is 0.625. The van der Waals surface area contributed by atoms with E-state index in [2.05, 4.69) is 21.3 Å². The molecule has 0 aromatic carbocycles. The number of nitriles is 1. The van der Waals surface area contributed by atoms with E-state index >= 15 is 0 Å². The highest BCUT2D eigenvalue weighted by Crippen LogP contribution is 2.32. The number of nitrogens with one attached hydrogen (secondary N) is 1. The van der Waals surface area contributed by atoms with E-state index in [9.17, 15) is 5.26 Å². The van der Waals surface area contributed by atoms with E-state index in [4.69, 9.17) is 0 Å². The third kappa shape index (κ3) is 3.10. The third-order valence-corrected chi connectivity index (χ3v) is 4.21. The molecule has 1 aliphatic carbocycles. The maximum atomic E-state index is 9.34. The Morgan fingerprint density at radius 3 is 2.85 bits per heavy atom. The monoisotopic (exact) mass is 270 g/mol. The average Bonchev–Trinajstić information content (AvgIpc) is 3.12. The molecule has 0 spiro atoms. The van der Waals surface area contributed by atoms with Crippen molar-refractivity contribution < 1.29 is 0 Å². The largest absolute Gasteiger partial charge is 0.354 e. The average molecular weight is 270 g/mol. The quantitative estimate of drug-likeness (QED) is 0.891. The molecule has 2 heterocycles. The Kier molecular flexibility index (Phi) is 3.88. The van der Waals surface area contributed by atoms with Crippen molar-refractivity contribution in [2.24, 2.45) is 5.92 Å². The second kappa shape index (κ2) is 5.80. The summed E-state index contributed by atoms with van der Waals surface area (Å²) in [7, 11) is 0. The Morgan fingerprint density at radius 2 is 2.20 bits per heavy atom. The van der Waals surface area contributed by atoms with Crippen molar-refractivity contribution >= 4 is 5.82 Å². The molecule has 1 aromatic rings. The first-order valence-corrected chi connectivity index (χ1v) is 7.62. The van der Waals surface area contributed by atoms with Gasteiger partial charge in [0.2, 0.25) is 0 Å². The van der Waals surface area contributed by atoms with E-state index in [1.165, 1.54) is 25.7 Å². The van der Waals surface area contributed by atoms with Crippen LogP contribution in [0.3, 0.4) is 0 Å². The predicted molar refractivity (Wildman–Crippen MR) is 79.7 cm³/mol. The van der Waals surface area contributed by atoms with Crippen LogP contribution in [0.4, 0.5) is 5.82 Å². The molecule has 1 unspecified atom stereocenters. The van der Waals surface area contributed by atoms with Crippen LogP contribution in [0.25, 0.3) is 0 Å². The van der Waals surface area contributed by atoms with Gasteiger partial charge in [0.1, 0.15) is 11.9 Å². The molecule has 106 valence electrons. The Hall–Kier alpha value is -1.60. The lowest BCUT2D eigenvalue weighted by Gasteiger charge is -2.28. The molecule has 0 bridgehead atoms. The number of hydrogen-bond acceptors (Lipinski definition) is 4. The second-order valence-corrected chi connectivity index (χ2v) is 6.08. The van der Waals surface area contributed by atoms with Crippen molar-refractivity contribution in [3.8, 4) is 6.07 Å². The van der Waals surface area contributed by atoms with Crippen LogP contribution in [0.1, 0.15) is 36.9 Å². The number of anilines is 1. The summed E-state index contributed by atoms with van der Waals surface area (Å²) >= 11 is 0. The first kappa shape index (κ1) is 13.4. The molecule has 0 amide bonds. The van der Waals surface area contributed by atoms with Gasteiger partial charge < -0.3 is 10.2 Å². The maximum absolute atomic E-state index is 9.34. The highest BCUT2D eigenvalue weighted by Gasteiger charge is 2.28. The molecular weight excluding hydrogens is 248 g/mol. The maximum Gasteiger partial charge on any atom is 0.146 e. The minimum atomic E-state index is 0.544. The minimum absolute atomic E-state index is 0.544. The fourth-order valence-electron chi connectivity index (χ4n) is 2.91. The first-order valence-electron chi connectivity index (χ1n) is 7.62. The van der Waals surface area contributed by atoms with Crippen molar-refractivity contribution in [2.45, 2.75) is 38.6 Å². The molecule has 4 heteroatoms. The van der Waals surface area contributed by atoms with Gasteiger partial charge in [-0.1, -0.05) is 0 Å². The molecule has 2 fully saturated rings. The van der Waals surface area contributed by atoms with Crippen LogP contribution >= 0.6 is 0 Å². The van der Waals surface area contributed by atoms with Crippen LogP contribution in [0.2, 0.25) is 0 Å². The molecule has 1 aromatic heterocycles. The van der Waals surface area contributed by atoms with Gasteiger partial charge in [0, 0.05) is 24.8 Å². The predicted octanol–water partition coefficient (Wildman–Crippen LogP) is 2.23. The summed E-state index contributed by atoms with van der Waals surface area (Å²) in [5, 5.41) is 12.9. The van der Waals surface area contributed by atoms with Crippen LogP contribution in [0, 0.1) is 24.2 Å². The lowest BCUT2D eigenvalue weighted by molar-refractivity contribution is 0.566. The topological polar surface area (TPSA) is 52.0 Å². The summed E-state index contributed by atoms with van der Waals surface area (Å²) in [5.41, 5.74) is 1.69. The molecule has 0 radical (unpaired) electrons. The van der Waals surface area contributed by atoms with E-state index in [1.54, 1.807) is 0 Å². The molecule has 3 rings (SSSR count). The zero-order valence-corrected chi connectivity index (χ0v) is 12.1. The zero-order valence-electron chi connectivity index (χ0n) is 12.1. The number of aryl methyl sites for hydroxylation is 1. The van der Waals surface area contributed by atoms with Crippen LogP contribution < -0.4 is 10.2 Å². The summed E-state index contributed by atoms with van der Waals surface area (Å²) in [5.74, 6) is 1.68. The summed E-state index contributed by atoms with van der Waals surface area (Å²) in [6.45, 7) is 5.13. The smallest absolute Gasteiger partial charge is 0.146 e. The van der Waals surface area contributed by atoms with Gasteiger partial charge in [-0.25, -0.2) is 4.98 Å². The fourth-order valence-corrected chi connectivity index (χ4v) is 2.91. The highest BCUT2D eigenvalue weighted by molar-refractivity contribution is 5.54. The number of aromatic nitrogens is 1. The van der Waals surface area contributed by atoms with E-state index in [0.717, 1.165) is 37.1 Å². The van der Waals surface area contributed by atoms with E-state index in [-0.39, 0.29) is 0 Å². The summed E-state index contributed by atoms with van der Waals surface area (Å²) in [6, 6.07) is 6.67. The Bertz CT molecular complexity index is 510. The number of pyridine rings is 1. The van der Waals surface area contributed by atoms with Gasteiger partial charge in [-0.3, -0.25) is 0 Å². The molecule has 20 heavy (non-hydrogen) atoms. The number of nitrogens with zero attached hydrogens (tertiary/aromatic N) is 3. The van der Waals surface area contributed by atoms with Crippen LogP contribution in [0.5, 0.6) is 0 Å². The normalized spacial score (nSPS) is 21.7. The first-order chi connectivity index (χ1) is 9.76.